The largest absolute Gasteiger partial charge is 0.234 e. The number of piperidine rings is 1. The van der Waals surface area contributed by atoms with Gasteiger partial charge in [0.2, 0.25) is 0 Å². The maximum absolute atomic E-state index is 4.56. The zero-order valence-corrected chi connectivity index (χ0v) is 6.29. The standard InChI is InChI=1S/C9H14N/c1-2-6-9-8(4-1)5-3-7-10-9/h2,6,8-9H,1,3-5,7H2. The van der Waals surface area contributed by atoms with E-state index in [1.807, 2.05) is 0 Å². The first kappa shape index (κ1) is 6.41. The van der Waals surface area contributed by atoms with Crippen molar-refractivity contribution >= 4 is 0 Å². The van der Waals surface area contributed by atoms with Crippen LogP contribution in [0, 0.1) is 5.92 Å². The summed E-state index contributed by atoms with van der Waals surface area (Å²) in [6.07, 6.45) is 10.00. The van der Waals surface area contributed by atoms with E-state index in [-0.39, 0.29) is 0 Å². The van der Waals surface area contributed by atoms with Crippen LogP contribution in [0.25, 0.3) is 0 Å². The zero-order chi connectivity index (χ0) is 6.81. The van der Waals surface area contributed by atoms with Crippen LogP contribution in [-0.2, 0) is 0 Å². The molecule has 0 amide bonds. The van der Waals surface area contributed by atoms with E-state index in [1.165, 1.54) is 25.7 Å². The average Bonchev–Trinajstić information content (AvgIpc) is 2.05. The molecule has 2 unspecified atom stereocenters. The molecule has 10 heavy (non-hydrogen) atoms. The fraction of sp³-hybridized carbons (Fsp3) is 0.778. The molecule has 0 aromatic heterocycles. The summed E-state index contributed by atoms with van der Waals surface area (Å²) in [6, 6.07) is 0.600. The van der Waals surface area contributed by atoms with Crippen molar-refractivity contribution in [3.63, 3.8) is 0 Å². The van der Waals surface area contributed by atoms with Gasteiger partial charge in [-0.3, -0.25) is 0 Å². The number of allylic oxidation sites excluding steroid dienone is 1. The van der Waals surface area contributed by atoms with Crippen molar-refractivity contribution in [1.29, 1.82) is 0 Å². The molecule has 0 aromatic carbocycles. The highest BCUT2D eigenvalue weighted by atomic mass is 14.9. The van der Waals surface area contributed by atoms with E-state index in [0.717, 1.165) is 12.5 Å². The molecule has 0 saturated carbocycles. The fourth-order valence-corrected chi connectivity index (χ4v) is 1.99. The molecular formula is C9H14N. The highest BCUT2D eigenvalue weighted by molar-refractivity contribution is 5.02. The highest BCUT2D eigenvalue weighted by Crippen LogP contribution is 2.26. The number of rotatable bonds is 0. The Hall–Kier alpha value is -0.300. The first-order valence-electron chi connectivity index (χ1n) is 4.30. The second kappa shape index (κ2) is 2.75. The Bertz CT molecular complexity index is 140. The molecule has 0 spiro atoms. The second-order valence-electron chi connectivity index (χ2n) is 3.30. The molecule has 1 heterocycles. The van der Waals surface area contributed by atoms with Gasteiger partial charge in [0, 0.05) is 12.6 Å². The summed E-state index contributed by atoms with van der Waals surface area (Å²) in [6.45, 7) is 1.10. The molecule has 1 nitrogen and oxygen atoms in total. The van der Waals surface area contributed by atoms with Gasteiger partial charge in [-0.05, 0) is 31.6 Å². The van der Waals surface area contributed by atoms with Gasteiger partial charge >= 0.3 is 0 Å². The van der Waals surface area contributed by atoms with Crippen LogP contribution in [0.1, 0.15) is 25.7 Å². The van der Waals surface area contributed by atoms with Gasteiger partial charge in [-0.1, -0.05) is 12.2 Å². The molecule has 2 aliphatic rings. The second-order valence-corrected chi connectivity index (χ2v) is 3.30. The maximum Gasteiger partial charge on any atom is 0.0454 e. The van der Waals surface area contributed by atoms with E-state index in [0.29, 0.717) is 6.04 Å². The Labute approximate surface area is 62.5 Å². The van der Waals surface area contributed by atoms with E-state index in [4.69, 9.17) is 0 Å². The summed E-state index contributed by atoms with van der Waals surface area (Å²) in [5.41, 5.74) is 0. The molecule has 1 aliphatic carbocycles. The molecule has 1 heteroatoms. The summed E-state index contributed by atoms with van der Waals surface area (Å²) in [4.78, 5) is 0. The monoisotopic (exact) mass is 136 g/mol. The third-order valence-electron chi connectivity index (χ3n) is 2.59. The van der Waals surface area contributed by atoms with Crippen molar-refractivity contribution in [2.45, 2.75) is 31.7 Å². The summed E-state index contributed by atoms with van der Waals surface area (Å²) >= 11 is 0. The number of hydrogen-bond acceptors (Lipinski definition) is 0. The lowest BCUT2D eigenvalue weighted by Crippen LogP contribution is -2.35. The van der Waals surface area contributed by atoms with Gasteiger partial charge in [0.15, 0.2) is 0 Å². The van der Waals surface area contributed by atoms with Gasteiger partial charge < -0.3 is 0 Å². The molecule has 55 valence electrons. The van der Waals surface area contributed by atoms with Gasteiger partial charge in [0.05, 0.1) is 0 Å². The molecule has 0 aromatic rings. The third kappa shape index (κ3) is 1.10. The highest BCUT2D eigenvalue weighted by Gasteiger charge is 2.24. The molecule has 1 radical (unpaired) electrons. The average molecular weight is 136 g/mol. The topological polar surface area (TPSA) is 14.1 Å². The van der Waals surface area contributed by atoms with E-state index in [1.54, 1.807) is 0 Å². The summed E-state index contributed by atoms with van der Waals surface area (Å²) in [7, 11) is 0. The Morgan fingerprint density at radius 2 is 2.30 bits per heavy atom. The summed E-state index contributed by atoms with van der Waals surface area (Å²) in [5.74, 6) is 0.902. The van der Waals surface area contributed by atoms with Crippen molar-refractivity contribution in [3.05, 3.63) is 12.2 Å². The van der Waals surface area contributed by atoms with Gasteiger partial charge in [0.25, 0.3) is 0 Å². The first-order valence-corrected chi connectivity index (χ1v) is 4.30. The SMILES string of the molecule is C1=CC2[N]CCCC2CC1. The maximum atomic E-state index is 4.56. The van der Waals surface area contributed by atoms with E-state index < -0.39 is 0 Å². The number of fused-ring (bicyclic) bond motifs is 1. The molecular weight excluding hydrogens is 122 g/mol. The van der Waals surface area contributed by atoms with Crippen LogP contribution in [0.4, 0.5) is 0 Å². The Morgan fingerprint density at radius 3 is 3.20 bits per heavy atom. The minimum Gasteiger partial charge on any atom is -0.234 e. The Kier molecular flexibility index (Phi) is 1.76. The third-order valence-corrected chi connectivity index (χ3v) is 2.59. The predicted octanol–water partition coefficient (Wildman–Crippen LogP) is 1.72. The predicted molar refractivity (Wildman–Crippen MR) is 41.9 cm³/mol. The molecule has 2 rings (SSSR count). The minimum absolute atomic E-state index is 0.600. The van der Waals surface area contributed by atoms with Crippen LogP contribution in [-0.4, -0.2) is 12.6 Å². The molecule has 1 saturated heterocycles. The van der Waals surface area contributed by atoms with Crippen LogP contribution in [0.2, 0.25) is 0 Å². The molecule has 2 atom stereocenters. The van der Waals surface area contributed by atoms with Crippen LogP contribution < -0.4 is 5.32 Å². The zero-order valence-electron chi connectivity index (χ0n) is 6.29. The van der Waals surface area contributed by atoms with E-state index in [2.05, 4.69) is 17.5 Å². The fourth-order valence-electron chi connectivity index (χ4n) is 1.99. The van der Waals surface area contributed by atoms with Crippen molar-refractivity contribution in [2.24, 2.45) is 5.92 Å². The Morgan fingerprint density at radius 1 is 1.30 bits per heavy atom. The smallest absolute Gasteiger partial charge is 0.0454 e. The van der Waals surface area contributed by atoms with Crippen molar-refractivity contribution in [3.8, 4) is 0 Å². The minimum atomic E-state index is 0.600. The molecule has 0 N–H and O–H groups in total. The number of hydrogen-bond donors (Lipinski definition) is 0. The molecule has 1 fully saturated rings. The van der Waals surface area contributed by atoms with E-state index in [9.17, 15) is 0 Å². The lowest BCUT2D eigenvalue weighted by molar-refractivity contribution is 0.290. The summed E-state index contributed by atoms with van der Waals surface area (Å²) < 4.78 is 0. The van der Waals surface area contributed by atoms with Gasteiger partial charge in [0.1, 0.15) is 0 Å². The first-order chi connectivity index (χ1) is 4.97. The normalized spacial score (nSPS) is 39.2. The molecule has 1 aliphatic heterocycles. The van der Waals surface area contributed by atoms with Gasteiger partial charge in [-0.25, -0.2) is 5.32 Å². The number of nitrogens with zero attached hydrogens (tertiary/aromatic N) is 1. The van der Waals surface area contributed by atoms with Crippen LogP contribution in [0.3, 0.4) is 0 Å². The van der Waals surface area contributed by atoms with Gasteiger partial charge in [-0.15, -0.1) is 0 Å². The van der Waals surface area contributed by atoms with Crippen molar-refractivity contribution in [2.75, 3.05) is 6.54 Å². The van der Waals surface area contributed by atoms with Crippen molar-refractivity contribution < 1.29 is 0 Å². The van der Waals surface area contributed by atoms with Crippen LogP contribution >= 0.6 is 0 Å². The van der Waals surface area contributed by atoms with E-state index >= 15 is 0 Å². The Balaban J connectivity index is 2.03. The van der Waals surface area contributed by atoms with Gasteiger partial charge in [-0.2, -0.15) is 0 Å². The van der Waals surface area contributed by atoms with Crippen LogP contribution in [0.15, 0.2) is 12.2 Å². The lowest BCUT2D eigenvalue weighted by atomic mass is 9.83. The van der Waals surface area contributed by atoms with Crippen molar-refractivity contribution in [1.82, 2.24) is 5.32 Å². The quantitative estimate of drug-likeness (QED) is 0.450. The van der Waals surface area contributed by atoms with Crippen LogP contribution in [0.5, 0.6) is 0 Å². The lowest BCUT2D eigenvalue weighted by Gasteiger charge is -2.31. The summed E-state index contributed by atoms with van der Waals surface area (Å²) in [5, 5.41) is 4.56. The molecule has 0 bridgehead atoms.